The van der Waals surface area contributed by atoms with Crippen LogP contribution in [0.3, 0.4) is 0 Å². The fourth-order valence-electron chi connectivity index (χ4n) is 1.82. The smallest absolute Gasteiger partial charge is 0.00152 e. The second-order valence-corrected chi connectivity index (χ2v) is 5.55. The normalized spacial score (nSPS) is 15.2. The molecule has 92 valence electrons. The molecule has 2 heteroatoms. The summed E-state index contributed by atoms with van der Waals surface area (Å²) in [6.07, 6.45) is 7.63. The molecular formula is C13H29NS. The van der Waals surface area contributed by atoms with Gasteiger partial charge in [0.1, 0.15) is 0 Å². The van der Waals surface area contributed by atoms with Gasteiger partial charge in [-0.25, -0.2) is 0 Å². The molecule has 0 radical (unpaired) electrons. The van der Waals surface area contributed by atoms with Crippen LogP contribution in [0.4, 0.5) is 0 Å². The predicted octanol–water partition coefficient (Wildman–Crippen LogP) is 3.79. The average Bonchev–Trinajstić information content (AvgIpc) is 2.23. The number of unbranched alkanes of at least 4 members (excludes halogenated alkanes) is 1. The first-order chi connectivity index (χ1) is 7.24. The summed E-state index contributed by atoms with van der Waals surface area (Å²) in [4.78, 5) is 0. The Balaban J connectivity index is 3.44. The fourth-order valence-corrected chi connectivity index (χ4v) is 2.51. The highest BCUT2D eigenvalue weighted by Crippen LogP contribution is 2.11. The monoisotopic (exact) mass is 231 g/mol. The van der Waals surface area contributed by atoms with E-state index in [1.54, 1.807) is 0 Å². The van der Waals surface area contributed by atoms with Gasteiger partial charge in [-0.15, -0.1) is 0 Å². The zero-order chi connectivity index (χ0) is 11.5. The zero-order valence-corrected chi connectivity index (χ0v) is 11.8. The molecule has 0 aromatic rings. The SMILES string of the molecule is CCCCC(CC)CNCC(C)CSC. The summed E-state index contributed by atoms with van der Waals surface area (Å²) in [7, 11) is 0. The summed E-state index contributed by atoms with van der Waals surface area (Å²) in [5.41, 5.74) is 0. The van der Waals surface area contributed by atoms with E-state index >= 15 is 0 Å². The molecule has 0 aliphatic rings. The third-order valence-electron chi connectivity index (χ3n) is 2.92. The van der Waals surface area contributed by atoms with Crippen LogP contribution in [0, 0.1) is 11.8 Å². The minimum atomic E-state index is 0.809. The van der Waals surface area contributed by atoms with Crippen LogP contribution in [0.25, 0.3) is 0 Å². The van der Waals surface area contributed by atoms with E-state index in [1.807, 2.05) is 11.8 Å². The van der Waals surface area contributed by atoms with Gasteiger partial charge in [0.05, 0.1) is 0 Å². The van der Waals surface area contributed by atoms with Crippen LogP contribution in [0.15, 0.2) is 0 Å². The van der Waals surface area contributed by atoms with Crippen molar-refractivity contribution in [1.29, 1.82) is 0 Å². The highest BCUT2D eigenvalue weighted by molar-refractivity contribution is 7.98. The molecule has 0 bridgehead atoms. The van der Waals surface area contributed by atoms with Crippen molar-refractivity contribution in [2.24, 2.45) is 11.8 Å². The molecule has 0 heterocycles. The van der Waals surface area contributed by atoms with Crippen LogP contribution in [0.2, 0.25) is 0 Å². The number of hydrogen-bond acceptors (Lipinski definition) is 2. The molecule has 2 unspecified atom stereocenters. The highest BCUT2D eigenvalue weighted by atomic mass is 32.2. The summed E-state index contributed by atoms with van der Waals surface area (Å²) in [6, 6.07) is 0. The molecule has 0 amide bonds. The maximum absolute atomic E-state index is 3.62. The largest absolute Gasteiger partial charge is 0.316 e. The van der Waals surface area contributed by atoms with Crippen molar-refractivity contribution in [3.8, 4) is 0 Å². The van der Waals surface area contributed by atoms with E-state index < -0.39 is 0 Å². The molecule has 0 aliphatic heterocycles. The van der Waals surface area contributed by atoms with Crippen LogP contribution in [-0.4, -0.2) is 25.1 Å². The van der Waals surface area contributed by atoms with Crippen molar-refractivity contribution >= 4 is 11.8 Å². The standard InChI is InChI=1S/C13H29NS/c1-5-7-8-13(6-2)10-14-9-12(3)11-15-4/h12-14H,5-11H2,1-4H3. The number of nitrogens with one attached hydrogen (secondary N) is 1. The molecule has 0 saturated carbocycles. The first kappa shape index (κ1) is 15.3. The molecule has 0 rings (SSSR count). The minimum Gasteiger partial charge on any atom is -0.316 e. The van der Waals surface area contributed by atoms with E-state index in [1.165, 1.54) is 44.5 Å². The summed E-state index contributed by atoms with van der Waals surface area (Å²) in [6.45, 7) is 9.32. The van der Waals surface area contributed by atoms with E-state index in [4.69, 9.17) is 0 Å². The average molecular weight is 231 g/mol. The topological polar surface area (TPSA) is 12.0 Å². The first-order valence-electron chi connectivity index (χ1n) is 6.44. The molecule has 0 aromatic heterocycles. The summed E-state index contributed by atoms with van der Waals surface area (Å²) in [5.74, 6) is 2.98. The first-order valence-corrected chi connectivity index (χ1v) is 7.83. The minimum absolute atomic E-state index is 0.809. The van der Waals surface area contributed by atoms with E-state index in [0.29, 0.717) is 0 Å². The molecule has 15 heavy (non-hydrogen) atoms. The van der Waals surface area contributed by atoms with Crippen LogP contribution < -0.4 is 5.32 Å². The molecule has 0 aromatic carbocycles. The summed E-state index contributed by atoms with van der Waals surface area (Å²) >= 11 is 1.95. The lowest BCUT2D eigenvalue weighted by atomic mass is 9.99. The van der Waals surface area contributed by atoms with Crippen molar-refractivity contribution in [3.05, 3.63) is 0 Å². The van der Waals surface area contributed by atoms with Crippen molar-refractivity contribution in [2.75, 3.05) is 25.1 Å². The number of rotatable bonds is 10. The second kappa shape index (κ2) is 10.8. The maximum atomic E-state index is 3.62. The molecule has 1 N–H and O–H groups in total. The van der Waals surface area contributed by atoms with Crippen molar-refractivity contribution < 1.29 is 0 Å². The van der Waals surface area contributed by atoms with Gasteiger partial charge >= 0.3 is 0 Å². The van der Waals surface area contributed by atoms with Gasteiger partial charge in [-0.2, -0.15) is 11.8 Å². The Bertz CT molecular complexity index is 128. The molecular weight excluding hydrogens is 202 g/mol. The maximum Gasteiger partial charge on any atom is -0.00152 e. The highest BCUT2D eigenvalue weighted by Gasteiger charge is 2.06. The third kappa shape index (κ3) is 9.25. The Kier molecular flexibility index (Phi) is 11.0. The molecule has 0 fully saturated rings. The second-order valence-electron chi connectivity index (χ2n) is 4.64. The van der Waals surface area contributed by atoms with Crippen LogP contribution >= 0.6 is 11.8 Å². The van der Waals surface area contributed by atoms with Gasteiger partial charge in [-0.05, 0) is 43.4 Å². The van der Waals surface area contributed by atoms with Crippen LogP contribution in [-0.2, 0) is 0 Å². The van der Waals surface area contributed by atoms with Gasteiger partial charge in [0, 0.05) is 0 Å². The quantitative estimate of drug-likeness (QED) is 0.614. The fraction of sp³-hybridized carbons (Fsp3) is 1.00. The third-order valence-corrected chi connectivity index (χ3v) is 3.82. The molecule has 2 atom stereocenters. The number of hydrogen-bond donors (Lipinski definition) is 1. The van der Waals surface area contributed by atoms with Crippen molar-refractivity contribution in [3.63, 3.8) is 0 Å². The zero-order valence-electron chi connectivity index (χ0n) is 11.0. The predicted molar refractivity (Wildman–Crippen MR) is 73.7 cm³/mol. The van der Waals surface area contributed by atoms with Crippen LogP contribution in [0.5, 0.6) is 0 Å². The van der Waals surface area contributed by atoms with E-state index in [0.717, 1.165) is 11.8 Å². The van der Waals surface area contributed by atoms with Gasteiger partial charge < -0.3 is 5.32 Å². The Hall–Kier alpha value is 0.310. The lowest BCUT2D eigenvalue weighted by Gasteiger charge is -2.17. The molecule has 1 nitrogen and oxygen atoms in total. The lowest BCUT2D eigenvalue weighted by Crippen LogP contribution is -2.28. The molecule has 0 spiro atoms. The number of thioether (sulfide) groups is 1. The van der Waals surface area contributed by atoms with E-state index in [9.17, 15) is 0 Å². The van der Waals surface area contributed by atoms with Crippen molar-refractivity contribution in [2.45, 2.75) is 46.5 Å². The van der Waals surface area contributed by atoms with Gasteiger partial charge in [-0.3, -0.25) is 0 Å². The van der Waals surface area contributed by atoms with Crippen LogP contribution in [0.1, 0.15) is 46.5 Å². The van der Waals surface area contributed by atoms with Gasteiger partial charge in [0.2, 0.25) is 0 Å². The van der Waals surface area contributed by atoms with Gasteiger partial charge in [0.25, 0.3) is 0 Å². The summed E-state index contributed by atoms with van der Waals surface area (Å²) in [5, 5.41) is 3.62. The van der Waals surface area contributed by atoms with E-state index in [-0.39, 0.29) is 0 Å². The molecule has 0 saturated heterocycles. The lowest BCUT2D eigenvalue weighted by molar-refractivity contribution is 0.407. The molecule has 0 aliphatic carbocycles. The summed E-state index contributed by atoms with van der Waals surface area (Å²) < 4.78 is 0. The van der Waals surface area contributed by atoms with Gasteiger partial charge in [0.15, 0.2) is 0 Å². The Labute approximate surface area is 101 Å². The Morgan fingerprint density at radius 2 is 1.93 bits per heavy atom. The Morgan fingerprint density at radius 3 is 2.47 bits per heavy atom. The van der Waals surface area contributed by atoms with Gasteiger partial charge in [-0.1, -0.05) is 40.0 Å². The Morgan fingerprint density at radius 1 is 1.20 bits per heavy atom. The van der Waals surface area contributed by atoms with Crippen molar-refractivity contribution in [1.82, 2.24) is 5.32 Å². The van der Waals surface area contributed by atoms with E-state index in [2.05, 4.69) is 32.3 Å².